The highest BCUT2D eigenvalue weighted by atomic mass is 19.1. The van der Waals surface area contributed by atoms with Crippen LogP contribution in [0.5, 0.6) is 0 Å². The molecule has 1 aliphatic rings. The van der Waals surface area contributed by atoms with Crippen LogP contribution in [0.2, 0.25) is 0 Å². The lowest BCUT2D eigenvalue weighted by atomic mass is 10.2. The molecule has 1 saturated carbocycles. The fourth-order valence-corrected chi connectivity index (χ4v) is 2.62. The van der Waals surface area contributed by atoms with E-state index in [0.717, 1.165) is 11.7 Å². The number of nitrogens with one attached hydrogen (secondary N) is 1. The minimum absolute atomic E-state index is 0.330. The molecule has 1 aliphatic carbocycles. The van der Waals surface area contributed by atoms with Crippen LogP contribution in [0.3, 0.4) is 0 Å². The Labute approximate surface area is 127 Å². The highest BCUT2D eigenvalue weighted by Crippen LogP contribution is 2.33. The second-order valence-corrected chi connectivity index (χ2v) is 5.76. The summed E-state index contributed by atoms with van der Waals surface area (Å²) in [5.41, 5.74) is 0.998. The number of hydrogen-bond acceptors (Lipinski definition) is 4. The topological polar surface area (TPSA) is 55.1 Å². The van der Waals surface area contributed by atoms with E-state index < -0.39 is 0 Å². The fraction of sp³-hybridized carbons (Fsp3) is 0.312. The van der Waals surface area contributed by atoms with Crippen molar-refractivity contribution in [1.29, 1.82) is 0 Å². The molecule has 2 aromatic heterocycles. The van der Waals surface area contributed by atoms with E-state index >= 15 is 0 Å². The largest absolute Gasteiger partial charge is 0.366 e. The molecule has 1 atom stereocenters. The second kappa shape index (κ2) is 5.05. The van der Waals surface area contributed by atoms with Gasteiger partial charge in [0.05, 0.1) is 5.56 Å². The summed E-state index contributed by atoms with van der Waals surface area (Å²) < 4.78 is 15.6. The molecule has 2 heterocycles. The van der Waals surface area contributed by atoms with Crippen molar-refractivity contribution in [3.63, 3.8) is 0 Å². The van der Waals surface area contributed by atoms with Gasteiger partial charge in [-0.15, -0.1) is 15.3 Å². The number of anilines is 1. The third kappa shape index (κ3) is 2.30. The van der Waals surface area contributed by atoms with Crippen molar-refractivity contribution in [2.45, 2.75) is 25.8 Å². The summed E-state index contributed by atoms with van der Waals surface area (Å²) in [5.74, 6) is 1.56. The van der Waals surface area contributed by atoms with Gasteiger partial charge >= 0.3 is 0 Å². The van der Waals surface area contributed by atoms with Crippen molar-refractivity contribution < 1.29 is 4.39 Å². The molecule has 0 amide bonds. The summed E-state index contributed by atoms with van der Waals surface area (Å²) >= 11 is 0. The van der Waals surface area contributed by atoms with Crippen molar-refractivity contribution in [2.24, 2.45) is 5.92 Å². The van der Waals surface area contributed by atoms with Gasteiger partial charge in [-0.3, -0.25) is 0 Å². The number of hydrogen-bond donors (Lipinski definition) is 1. The van der Waals surface area contributed by atoms with Gasteiger partial charge in [-0.25, -0.2) is 4.39 Å². The summed E-state index contributed by atoms with van der Waals surface area (Å²) in [6.45, 7) is 2.16. The molecule has 6 heteroatoms. The van der Waals surface area contributed by atoms with Gasteiger partial charge in [-0.2, -0.15) is 4.52 Å². The monoisotopic (exact) mass is 297 g/mol. The number of aromatic nitrogens is 4. The predicted octanol–water partition coefficient (Wildman–Crippen LogP) is 3.14. The summed E-state index contributed by atoms with van der Waals surface area (Å²) in [5, 5.41) is 16.1. The quantitative estimate of drug-likeness (QED) is 0.804. The van der Waals surface area contributed by atoms with Gasteiger partial charge in [0.1, 0.15) is 11.6 Å². The Hall–Kier alpha value is -2.50. The normalized spacial score (nSPS) is 15.9. The maximum atomic E-state index is 14.0. The van der Waals surface area contributed by atoms with Crippen molar-refractivity contribution in [3.8, 4) is 11.4 Å². The van der Waals surface area contributed by atoms with Crippen LogP contribution in [-0.4, -0.2) is 25.9 Å². The maximum Gasteiger partial charge on any atom is 0.188 e. The molecule has 1 fully saturated rings. The minimum atomic E-state index is -0.330. The van der Waals surface area contributed by atoms with Crippen molar-refractivity contribution >= 4 is 11.5 Å². The fourth-order valence-electron chi connectivity index (χ4n) is 2.62. The molecular formula is C16H16FN5. The van der Waals surface area contributed by atoms with Crippen molar-refractivity contribution in [3.05, 3.63) is 42.2 Å². The first-order valence-electron chi connectivity index (χ1n) is 7.46. The van der Waals surface area contributed by atoms with Crippen LogP contribution in [0.4, 0.5) is 10.2 Å². The van der Waals surface area contributed by atoms with Gasteiger partial charge in [0.25, 0.3) is 0 Å². The Morgan fingerprint density at radius 2 is 2.00 bits per heavy atom. The van der Waals surface area contributed by atoms with Crippen molar-refractivity contribution in [2.75, 3.05) is 5.32 Å². The van der Waals surface area contributed by atoms with E-state index in [-0.39, 0.29) is 5.82 Å². The molecule has 5 nitrogen and oxygen atoms in total. The van der Waals surface area contributed by atoms with Gasteiger partial charge in [-0.1, -0.05) is 12.1 Å². The molecule has 3 aromatic rings. The van der Waals surface area contributed by atoms with Crippen LogP contribution >= 0.6 is 0 Å². The van der Waals surface area contributed by atoms with Crippen LogP contribution in [0, 0.1) is 11.7 Å². The van der Waals surface area contributed by atoms with E-state index in [0.29, 0.717) is 23.1 Å². The number of rotatable bonds is 4. The SMILES string of the molecule is CC(Nc1ccc2nnc(-c3ccccc3F)n2n1)C1CC1. The highest BCUT2D eigenvalue weighted by molar-refractivity contribution is 5.60. The average molecular weight is 297 g/mol. The molecule has 0 aliphatic heterocycles. The third-order valence-corrected chi connectivity index (χ3v) is 4.08. The summed E-state index contributed by atoms with van der Waals surface area (Å²) in [6, 6.07) is 10.6. The van der Waals surface area contributed by atoms with Gasteiger partial charge in [-0.05, 0) is 49.9 Å². The van der Waals surface area contributed by atoms with Crippen LogP contribution < -0.4 is 5.32 Å². The molecule has 1 aromatic carbocycles. The van der Waals surface area contributed by atoms with Crippen LogP contribution in [0.1, 0.15) is 19.8 Å². The zero-order valence-corrected chi connectivity index (χ0v) is 12.2. The van der Waals surface area contributed by atoms with Gasteiger partial charge < -0.3 is 5.32 Å². The van der Waals surface area contributed by atoms with Crippen LogP contribution in [0.15, 0.2) is 36.4 Å². The molecule has 0 spiro atoms. The number of halogens is 1. The van der Waals surface area contributed by atoms with Crippen LogP contribution in [-0.2, 0) is 0 Å². The number of fused-ring (bicyclic) bond motifs is 1. The van der Waals surface area contributed by atoms with Gasteiger partial charge in [0, 0.05) is 6.04 Å². The first-order valence-corrected chi connectivity index (χ1v) is 7.46. The van der Waals surface area contributed by atoms with Gasteiger partial charge in [0.15, 0.2) is 11.5 Å². The molecule has 1 N–H and O–H groups in total. The smallest absolute Gasteiger partial charge is 0.188 e. The second-order valence-electron chi connectivity index (χ2n) is 5.76. The predicted molar refractivity (Wildman–Crippen MR) is 82.0 cm³/mol. The van der Waals surface area contributed by atoms with E-state index in [2.05, 4.69) is 27.5 Å². The van der Waals surface area contributed by atoms with E-state index in [9.17, 15) is 4.39 Å². The minimum Gasteiger partial charge on any atom is -0.366 e. The summed E-state index contributed by atoms with van der Waals surface area (Å²) in [7, 11) is 0. The molecule has 0 radical (unpaired) electrons. The molecule has 112 valence electrons. The lowest BCUT2D eigenvalue weighted by Crippen LogP contribution is -2.18. The maximum absolute atomic E-state index is 14.0. The Balaban J connectivity index is 1.75. The molecular weight excluding hydrogens is 281 g/mol. The summed E-state index contributed by atoms with van der Waals surface area (Å²) in [4.78, 5) is 0. The first-order chi connectivity index (χ1) is 10.7. The molecule has 0 saturated heterocycles. The Morgan fingerprint density at radius 3 is 2.77 bits per heavy atom. The van der Waals surface area contributed by atoms with Gasteiger partial charge in [0.2, 0.25) is 0 Å². The van der Waals surface area contributed by atoms with E-state index in [4.69, 9.17) is 0 Å². The standard InChI is InChI=1S/C16H16FN5/c1-10(11-6-7-11)18-14-8-9-15-19-20-16(22(15)21-14)12-4-2-3-5-13(12)17/h2-5,8-11H,6-7H2,1H3,(H,18,21). The lowest BCUT2D eigenvalue weighted by Gasteiger charge is -2.13. The average Bonchev–Trinajstić information content (AvgIpc) is 3.29. The number of nitrogens with zero attached hydrogens (tertiary/aromatic N) is 4. The Kier molecular flexibility index (Phi) is 3.03. The van der Waals surface area contributed by atoms with Crippen LogP contribution in [0.25, 0.3) is 17.0 Å². The van der Waals surface area contributed by atoms with E-state index in [1.165, 1.54) is 18.9 Å². The Bertz CT molecular complexity index is 824. The third-order valence-electron chi connectivity index (χ3n) is 4.08. The first kappa shape index (κ1) is 13.2. The zero-order valence-electron chi connectivity index (χ0n) is 12.2. The van der Waals surface area contributed by atoms with E-state index in [1.807, 2.05) is 12.1 Å². The zero-order chi connectivity index (χ0) is 15.1. The highest BCUT2D eigenvalue weighted by Gasteiger charge is 2.28. The molecule has 22 heavy (non-hydrogen) atoms. The van der Waals surface area contributed by atoms with E-state index in [1.54, 1.807) is 22.7 Å². The molecule has 1 unspecified atom stereocenters. The number of benzene rings is 1. The summed E-state index contributed by atoms with van der Waals surface area (Å²) in [6.07, 6.45) is 2.53. The lowest BCUT2D eigenvalue weighted by molar-refractivity contribution is 0.629. The Morgan fingerprint density at radius 1 is 1.18 bits per heavy atom. The van der Waals surface area contributed by atoms with Crippen molar-refractivity contribution in [1.82, 2.24) is 19.8 Å². The molecule has 4 rings (SSSR count). The molecule has 0 bridgehead atoms.